The molecule has 0 spiro atoms. The first-order valence-corrected chi connectivity index (χ1v) is 3.87. The molecule has 2 N–H and O–H groups in total. The summed E-state index contributed by atoms with van der Waals surface area (Å²) < 4.78 is 0. The molecule has 0 radical (unpaired) electrons. The summed E-state index contributed by atoms with van der Waals surface area (Å²) in [6.45, 7) is 3.76. The van der Waals surface area contributed by atoms with Crippen molar-refractivity contribution in [1.82, 2.24) is 10.2 Å². The highest BCUT2D eigenvalue weighted by molar-refractivity contribution is 5.06. The van der Waals surface area contributed by atoms with Crippen LogP contribution in [0.3, 0.4) is 0 Å². The van der Waals surface area contributed by atoms with Crippen LogP contribution in [-0.2, 0) is 6.42 Å². The van der Waals surface area contributed by atoms with Crippen LogP contribution in [0.5, 0.6) is 0 Å². The quantitative estimate of drug-likeness (QED) is 0.683. The third kappa shape index (κ3) is 2.72. The van der Waals surface area contributed by atoms with Gasteiger partial charge in [0.15, 0.2) is 0 Å². The molecular formula is C8H14N2O. The Bertz CT molecular complexity index is 218. The predicted octanol–water partition coefficient (Wildman–Crippen LogP) is 1.03. The second-order valence-corrected chi connectivity index (χ2v) is 2.93. The monoisotopic (exact) mass is 154 g/mol. The lowest BCUT2D eigenvalue weighted by Crippen LogP contribution is -2.01. The van der Waals surface area contributed by atoms with Gasteiger partial charge in [-0.1, -0.05) is 0 Å². The summed E-state index contributed by atoms with van der Waals surface area (Å²) >= 11 is 0. The normalized spacial score (nSPS) is 13.4. The summed E-state index contributed by atoms with van der Waals surface area (Å²) in [5.41, 5.74) is 2.11. The van der Waals surface area contributed by atoms with Gasteiger partial charge < -0.3 is 5.11 Å². The van der Waals surface area contributed by atoms with Crippen molar-refractivity contribution in [2.45, 2.75) is 32.8 Å². The van der Waals surface area contributed by atoms with Crippen molar-refractivity contribution in [3.05, 3.63) is 17.5 Å². The van der Waals surface area contributed by atoms with Crippen LogP contribution in [0.1, 0.15) is 24.7 Å². The first-order valence-electron chi connectivity index (χ1n) is 3.87. The van der Waals surface area contributed by atoms with E-state index in [-0.39, 0.29) is 6.10 Å². The Hall–Kier alpha value is -0.830. The van der Waals surface area contributed by atoms with Gasteiger partial charge in [0, 0.05) is 5.69 Å². The van der Waals surface area contributed by atoms with Gasteiger partial charge in [-0.15, -0.1) is 0 Å². The average molecular weight is 154 g/mol. The molecule has 0 amide bonds. The molecule has 0 aliphatic heterocycles. The fourth-order valence-electron chi connectivity index (χ4n) is 0.959. The summed E-state index contributed by atoms with van der Waals surface area (Å²) in [7, 11) is 0. The second-order valence-electron chi connectivity index (χ2n) is 2.93. The van der Waals surface area contributed by atoms with Crippen molar-refractivity contribution in [3.63, 3.8) is 0 Å². The van der Waals surface area contributed by atoms with E-state index >= 15 is 0 Å². The molecule has 1 rings (SSSR count). The minimum Gasteiger partial charge on any atom is -0.393 e. The molecule has 0 saturated carbocycles. The SMILES string of the molecule is Cc1cc(CC[C@@H](C)O)n[nH]1. The summed E-state index contributed by atoms with van der Waals surface area (Å²) in [6, 6.07) is 2.00. The Kier molecular flexibility index (Phi) is 2.65. The molecule has 3 nitrogen and oxygen atoms in total. The van der Waals surface area contributed by atoms with E-state index in [1.54, 1.807) is 6.92 Å². The van der Waals surface area contributed by atoms with Crippen molar-refractivity contribution >= 4 is 0 Å². The molecule has 3 heteroatoms. The fourth-order valence-corrected chi connectivity index (χ4v) is 0.959. The van der Waals surface area contributed by atoms with Crippen LogP contribution in [0.15, 0.2) is 6.07 Å². The van der Waals surface area contributed by atoms with Crippen LogP contribution in [0, 0.1) is 6.92 Å². The van der Waals surface area contributed by atoms with Gasteiger partial charge in [-0.2, -0.15) is 5.10 Å². The highest BCUT2D eigenvalue weighted by atomic mass is 16.3. The Morgan fingerprint density at radius 1 is 1.73 bits per heavy atom. The fraction of sp³-hybridized carbons (Fsp3) is 0.625. The smallest absolute Gasteiger partial charge is 0.0625 e. The Labute approximate surface area is 66.4 Å². The first kappa shape index (κ1) is 8.27. The van der Waals surface area contributed by atoms with Crippen molar-refractivity contribution in [2.24, 2.45) is 0 Å². The third-order valence-corrected chi connectivity index (χ3v) is 1.58. The van der Waals surface area contributed by atoms with Gasteiger partial charge in [0.2, 0.25) is 0 Å². The molecule has 11 heavy (non-hydrogen) atoms. The topological polar surface area (TPSA) is 48.9 Å². The Morgan fingerprint density at radius 2 is 2.45 bits per heavy atom. The van der Waals surface area contributed by atoms with Crippen LogP contribution in [0.4, 0.5) is 0 Å². The standard InChI is InChI=1S/C8H14N2O/c1-6-5-8(10-9-6)4-3-7(2)11/h5,7,11H,3-4H2,1-2H3,(H,9,10)/t7-/m1/s1. The van der Waals surface area contributed by atoms with Crippen LogP contribution in [0.2, 0.25) is 0 Å². The molecule has 1 aromatic rings. The number of aryl methyl sites for hydroxylation is 2. The second kappa shape index (κ2) is 3.53. The van der Waals surface area contributed by atoms with Crippen LogP contribution < -0.4 is 0 Å². The lowest BCUT2D eigenvalue weighted by Gasteiger charge is -1.99. The van der Waals surface area contributed by atoms with E-state index in [2.05, 4.69) is 10.2 Å². The molecule has 0 aromatic carbocycles. The van der Waals surface area contributed by atoms with Gasteiger partial charge in [0.05, 0.1) is 11.8 Å². The zero-order valence-electron chi connectivity index (χ0n) is 6.96. The predicted molar refractivity (Wildman–Crippen MR) is 43.3 cm³/mol. The van der Waals surface area contributed by atoms with Crippen LogP contribution in [-0.4, -0.2) is 21.4 Å². The van der Waals surface area contributed by atoms with Gasteiger partial charge in [0.1, 0.15) is 0 Å². The largest absolute Gasteiger partial charge is 0.393 e. The number of hydrogen-bond acceptors (Lipinski definition) is 2. The maximum absolute atomic E-state index is 8.98. The van der Waals surface area contributed by atoms with E-state index in [0.717, 1.165) is 24.2 Å². The molecule has 0 aliphatic rings. The number of nitrogens with zero attached hydrogens (tertiary/aromatic N) is 1. The Morgan fingerprint density at radius 3 is 2.91 bits per heavy atom. The molecule has 1 atom stereocenters. The summed E-state index contributed by atoms with van der Waals surface area (Å²) in [4.78, 5) is 0. The van der Waals surface area contributed by atoms with Crippen molar-refractivity contribution in [1.29, 1.82) is 0 Å². The number of H-pyrrole nitrogens is 1. The molecule has 0 saturated heterocycles. The number of aromatic nitrogens is 2. The zero-order chi connectivity index (χ0) is 8.27. The molecule has 0 aliphatic carbocycles. The van der Waals surface area contributed by atoms with Gasteiger partial charge in [-0.05, 0) is 32.8 Å². The Balaban J connectivity index is 2.39. The summed E-state index contributed by atoms with van der Waals surface area (Å²) in [5.74, 6) is 0. The number of hydrogen-bond donors (Lipinski definition) is 2. The van der Waals surface area contributed by atoms with Crippen LogP contribution >= 0.6 is 0 Å². The number of aromatic amines is 1. The molecule has 1 aromatic heterocycles. The minimum absolute atomic E-state index is 0.230. The first-order chi connectivity index (χ1) is 5.18. The van der Waals surface area contributed by atoms with Crippen molar-refractivity contribution < 1.29 is 5.11 Å². The number of rotatable bonds is 3. The average Bonchev–Trinajstić information content (AvgIpc) is 2.31. The highest BCUT2D eigenvalue weighted by Crippen LogP contribution is 2.02. The van der Waals surface area contributed by atoms with Gasteiger partial charge in [0.25, 0.3) is 0 Å². The van der Waals surface area contributed by atoms with Gasteiger partial charge >= 0.3 is 0 Å². The van der Waals surface area contributed by atoms with E-state index in [1.165, 1.54) is 0 Å². The van der Waals surface area contributed by atoms with E-state index in [0.29, 0.717) is 0 Å². The highest BCUT2D eigenvalue weighted by Gasteiger charge is 2.00. The lowest BCUT2D eigenvalue weighted by molar-refractivity contribution is 0.184. The molecule has 0 bridgehead atoms. The van der Waals surface area contributed by atoms with E-state index in [1.807, 2.05) is 13.0 Å². The van der Waals surface area contributed by atoms with Gasteiger partial charge in [-0.25, -0.2) is 0 Å². The van der Waals surface area contributed by atoms with E-state index < -0.39 is 0 Å². The maximum Gasteiger partial charge on any atom is 0.0625 e. The van der Waals surface area contributed by atoms with Crippen molar-refractivity contribution in [3.8, 4) is 0 Å². The van der Waals surface area contributed by atoms with Crippen molar-refractivity contribution in [2.75, 3.05) is 0 Å². The zero-order valence-corrected chi connectivity index (χ0v) is 6.96. The van der Waals surface area contributed by atoms with E-state index in [4.69, 9.17) is 5.11 Å². The number of aliphatic hydroxyl groups is 1. The molecular weight excluding hydrogens is 140 g/mol. The summed E-state index contributed by atoms with van der Waals surface area (Å²) in [5, 5.41) is 15.9. The van der Waals surface area contributed by atoms with E-state index in [9.17, 15) is 0 Å². The maximum atomic E-state index is 8.98. The molecule has 0 fully saturated rings. The molecule has 62 valence electrons. The minimum atomic E-state index is -0.230. The number of nitrogens with one attached hydrogen (secondary N) is 1. The molecule has 1 heterocycles. The van der Waals surface area contributed by atoms with Crippen LogP contribution in [0.25, 0.3) is 0 Å². The number of aliphatic hydroxyl groups excluding tert-OH is 1. The summed E-state index contributed by atoms with van der Waals surface area (Å²) in [6.07, 6.45) is 1.40. The third-order valence-electron chi connectivity index (χ3n) is 1.58. The molecule has 0 unspecified atom stereocenters. The van der Waals surface area contributed by atoms with Gasteiger partial charge in [-0.3, -0.25) is 5.10 Å². The lowest BCUT2D eigenvalue weighted by atomic mass is 10.2.